The molecule has 2 aliphatic heterocycles. The van der Waals surface area contributed by atoms with E-state index in [9.17, 15) is 0 Å². The number of aryl methyl sites for hydroxylation is 2. The Morgan fingerprint density at radius 3 is 2.95 bits per heavy atom. The second-order valence-electron chi connectivity index (χ2n) is 6.29. The van der Waals surface area contributed by atoms with E-state index in [4.69, 9.17) is 4.98 Å². The van der Waals surface area contributed by atoms with E-state index >= 15 is 0 Å². The number of anilines is 1. The fourth-order valence-electron chi connectivity index (χ4n) is 3.71. The Morgan fingerprint density at radius 2 is 2.18 bits per heavy atom. The van der Waals surface area contributed by atoms with Gasteiger partial charge in [0.05, 0.1) is 9.99 Å². The maximum absolute atomic E-state index is 4.89. The molecule has 2 aromatic rings. The summed E-state index contributed by atoms with van der Waals surface area (Å²) < 4.78 is 4.59. The Balaban J connectivity index is 1.77. The zero-order valence-corrected chi connectivity index (χ0v) is 15.8. The van der Waals surface area contributed by atoms with Crippen LogP contribution < -0.4 is 10.6 Å². The molecule has 2 N–H and O–H groups in total. The standard InChI is InChI=1S/C16H20Br2N4/c1-9-11-5-3-7-22-15(11)14(13(18)12(9)17)21-16(22)20-8-10-4-2-6-19-10/h10,19H,2-8H2,1H3,(H,20,21). The molecule has 1 saturated heterocycles. The van der Waals surface area contributed by atoms with E-state index in [0.29, 0.717) is 6.04 Å². The number of hydrogen-bond acceptors (Lipinski definition) is 3. The fourth-order valence-corrected chi connectivity index (χ4v) is 4.71. The van der Waals surface area contributed by atoms with Crippen LogP contribution in [0.2, 0.25) is 0 Å². The van der Waals surface area contributed by atoms with Crippen LogP contribution in [0.5, 0.6) is 0 Å². The predicted octanol–water partition coefficient (Wildman–Crippen LogP) is 3.98. The van der Waals surface area contributed by atoms with E-state index in [1.807, 2.05) is 0 Å². The van der Waals surface area contributed by atoms with E-state index < -0.39 is 0 Å². The number of hydrogen-bond donors (Lipinski definition) is 2. The van der Waals surface area contributed by atoms with Crippen molar-refractivity contribution < 1.29 is 0 Å². The quantitative estimate of drug-likeness (QED) is 0.778. The zero-order valence-electron chi connectivity index (χ0n) is 12.7. The number of imidazole rings is 1. The van der Waals surface area contributed by atoms with Gasteiger partial charge in [-0.05, 0) is 82.1 Å². The van der Waals surface area contributed by atoms with Gasteiger partial charge in [-0.3, -0.25) is 0 Å². The van der Waals surface area contributed by atoms with Gasteiger partial charge in [-0.25, -0.2) is 4.98 Å². The molecule has 4 rings (SSSR count). The molecule has 1 aromatic heterocycles. The minimum atomic E-state index is 0.576. The molecule has 1 unspecified atom stereocenters. The molecule has 2 aliphatic rings. The Bertz CT molecular complexity index is 732. The molecule has 0 amide bonds. The predicted molar refractivity (Wildman–Crippen MR) is 97.7 cm³/mol. The van der Waals surface area contributed by atoms with E-state index in [-0.39, 0.29) is 0 Å². The van der Waals surface area contributed by atoms with Crippen LogP contribution in [0.1, 0.15) is 30.4 Å². The summed E-state index contributed by atoms with van der Waals surface area (Å²) in [4.78, 5) is 4.89. The third-order valence-corrected chi connectivity index (χ3v) is 7.21. The van der Waals surface area contributed by atoms with Gasteiger partial charge in [0.15, 0.2) is 0 Å². The fraction of sp³-hybridized carbons (Fsp3) is 0.562. The Hall–Kier alpha value is -0.590. The van der Waals surface area contributed by atoms with E-state index in [2.05, 4.69) is 54.0 Å². The van der Waals surface area contributed by atoms with Gasteiger partial charge >= 0.3 is 0 Å². The van der Waals surface area contributed by atoms with Crippen LogP contribution in [-0.4, -0.2) is 28.7 Å². The number of rotatable bonds is 3. The topological polar surface area (TPSA) is 41.9 Å². The summed E-state index contributed by atoms with van der Waals surface area (Å²) in [5.41, 5.74) is 5.16. The first-order chi connectivity index (χ1) is 10.7. The Morgan fingerprint density at radius 1 is 1.32 bits per heavy atom. The molecule has 1 aromatic carbocycles. The van der Waals surface area contributed by atoms with Gasteiger partial charge in [0, 0.05) is 23.6 Å². The number of nitrogens with zero attached hydrogens (tertiary/aromatic N) is 2. The molecule has 4 nitrogen and oxygen atoms in total. The lowest BCUT2D eigenvalue weighted by molar-refractivity contribution is 0.610. The van der Waals surface area contributed by atoms with Crippen molar-refractivity contribution in [3.63, 3.8) is 0 Å². The summed E-state index contributed by atoms with van der Waals surface area (Å²) in [5, 5.41) is 7.11. The molecule has 0 spiro atoms. The van der Waals surface area contributed by atoms with Crippen molar-refractivity contribution in [2.24, 2.45) is 0 Å². The highest BCUT2D eigenvalue weighted by atomic mass is 79.9. The molecular weight excluding hydrogens is 408 g/mol. The number of benzene rings is 1. The van der Waals surface area contributed by atoms with E-state index in [0.717, 1.165) is 46.5 Å². The van der Waals surface area contributed by atoms with Gasteiger partial charge < -0.3 is 15.2 Å². The summed E-state index contributed by atoms with van der Waals surface area (Å²) in [6.07, 6.45) is 4.87. The van der Waals surface area contributed by atoms with Gasteiger partial charge in [-0.1, -0.05) is 0 Å². The van der Waals surface area contributed by atoms with Crippen LogP contribution in [0.3, 0.4) is 0 Å². The molecule has 22 heavy (non-hydrogen) atoms. The largest absolute Gasteiger partial charge is 0.354 e. The molecule has 0 bridgehead atoms. The summed E-state index contributed by atoms with van der Waals surface area (Å²) in [7, 11) is 0. The summed E-state index contributed by atoms with van der Waals surface area (Å²) in [6, 6.07) is 0.576. The molecular formula is C16H20Br2N4. The highest BCUT2D eigenvalue weighted by molar-refractivity contribution is 9.13. The smallest absolute Gasteiger partial charge is 0.203 e. The van der Waals surface area contributed by atoms with Crippen molar-refractivity contribution >= 4 is 48.8 Å². The highest BCUT2D eigenvalue weighted by Gasteiger charge is 2.24. The first-order valence-electron chi connectivity index (χ1n) is 8.00. The van der Waals surface area contributed by atoms with E-state index in [1.54, 1.807) is 0 Å². The van der Waals surface area contributed by atoms with Crippen molar-refractivity contribution in [2.75, 3.05) is 18.4 Å². The summed E-state index contributed by atoms with van der Waals surface area (Å²) >= 11 is 7.44. The van der Waals surface area contributed by atoms with Crippen molar-refractivity contribution in [3.05, 3.63) is 20.1 Å². The molecule has 1 fully saturated rings. The maximum Gasteiger partial charge on any atom is 0.203 e. The number of nitrogens with one attached hydrogen (secondary N) is 2. The van der Waals surface area contributed by atoms with E-state index in [1.165, 1.54) is 35.9 Å². The molecule has 6 heteroatoms. The second-order valence-corrected chi connectivity index (χ2v) is 7.88. The third kappa shape index (κ3) is 2.31. The molecule has 118 valence electrons. The van der Waals surface area contributed by atoms with Crippen LogP contribution >= 0.6 is 31.9 Å². The summed E-state index contributed by atoms with van der Waals surface area (Å²) in [5.74, 6) is 1.02. The zero-order chi connectivity index (χ0) is 15.3. The van der Waals surface area contributed by atoms with Gasteiger partial charge in [0.1, 0.15) is 5.52 Å². The monoisotopic (exact) mass is 426 g/mol. The average Bonchev–Trinajstić information content (AvgIpc) is 3.17. The molecule has 0 radical (unpaired) electrons. The van der Waals surface area contributed by atoms with Gasteiger partial charge in [0.2, 0.25) is 5.95 Å². The summed E-state index contributed by atoms with van der Waals surface area (Å²) in [6.45, 7) is 5.35. The van der Waals surface area contributed by atoms with Gasteiger partial charge in [-0.15, -0.1) is 0 Å². The van der Waals surface area contributed by atoms with Crippen LogP contribution in [0, 0.1) is 6.92 Å². The first-order valence-corrected chi connectivity index (χ1v) is 9.59. The molecule has 1 atom stereocenters. The lowest BCUT2D eigenvalue weighted by Crippen LogP contribution is -2.30. The van der Waals surface area contributed by atoms with Crippen molar-refractivity contribution in [1.29, 1.82) is 0 Å². The van der Waals surface area contributed by atoms with Crippen molar-refractivity contribution in [3.8, 4) is 0 Å². The highest BCUT2D eigenvalue weighted by Crippen LogP contribution is 2.40. The van der Waals surface area contributed by atoms with Gasteiger partial charge in [-0.2, -0.15) is 0 Å². The number of aromatic nitrogens is 2. The lowest BCUT2D eigenvalue weighted by Gasteiger charge is -2.20. The normalized spacial score (nSPS) is 20.8. The Kier molecular flexibility index (Phi) is 3.95. The van der Waals surface area contributed by atoms with Crippen LogP contribution in [0.15, 0.2) is 8.95 Å². The number of halogens is 2. The average molecular weight is 428 g/mol. The van der Waals surface area contributed by atoms with Crippen LogP contribution in [-0.2, 0) is 13.0 Å². The van der Waals surface area contributed by atoms with Crippen LogP contribution in [0.25, 0.3) is 11.0 Å². The van der Waals surface area contributed by atoms with Crippen molar-refractivity contribution in [2.45, 2.75) is 45.2 Å². The van der Waals surface area contributed by atoms with Gasteiger partial charge in [0.25, 0.3) is 0 Å². The van der Waals surface area contributed by atoms with Crippen LogP contribution in [0.4, 0.5) is 5.95 Å². The maximum atomic E-state index is 4.89. The van der Waals surface area contributed by atoms with Crippen molar-refractivity contribution in [1.82, 2.24) is 14.9 Å². The SMILES string of the molecule is Cc1c(Br)c(Br)c2nc(NCC3CCCN3)n3c2c1CCC3. The molecule has 3 heterocycles. The lowest BCUT2D eigenvalue weighted by atomic mass is 9.99. The molecule has 0 saturated carbocycles. The molecule has 0 aliphatic carbocycles. The minimum Gasteiger partial charge on any atom is -0.354 e. The second kappa shape index (κ2) is 5.80. The minimum absolute atomic E-state index is 0.576. The third-order valence-electron chi connectivity index (χ3n) is 4.91. The first kappa shape index (κ1) is 15.0. The Labute approximate surface area is 147 Å².